The number of nitrogens with zero attached hydrogens (tertiary/aromatic N) is 2. The van der Waals surface area contributed by atoms with Gasteiger partial charge in [0, 0.05) is 12.6 Å². The third-order valence-electron chi connectivity index (χ3n) is 4.15. The van der Waals surface area contributed by atoms with Gasteiger partial charge in [-0.1, -0.05) is 35.5 Å². The van der Waals surface area contributed by atoms with E-state index >= 15 is 0 Å². The Morgan fingerprint density at radius 1 is 1.33 bits per heavy atom. The standard InChI is InChI=1S/C17H20N2O4S/c1-13-10-15(23-18-13)11-17(20)19-8-5-9-24(21,22)12-16(19)14-6-3-2-4-7-14/h2-4,6-7,10,16H,5,8-9,11-12H2,1H3/t16-/m0/s1. The summed E-state index contributed by atoms with van der Waals surface area (Å²) in [4.78, 5) is 14.4. The van der Waals surface area contributed by atoms with Crippen LogP contribution >= 0.6 is 0 Å². The van der Waals surface area contributed by atoms with E-state index in [1.54, 1.807) is 17.9 Å². The summed E-state index contributed by atoms with van der Waals surface area (Å²) in [5, 5.41) is 3.79. The van der Waals surface area contributed by atoms with Crippen molar-refractivity contribution in [2.45, 2.75) is 25.8 Å². The van der Waals surface area contributed by atoms with Crippen molar-refractivity contribution in [3.05, 3.63) is 53.4 Å². The molecule has 1 aromatic carbocycles. The number of sulfone groups is 1. The van der Waals surface area contributed by atoms with Gasteiger partial charge in [-0.3, -0.25) is 4.79 Å². The Kier molecular flexibility index (Phi) is 4.71. The first-order chi connectivity index (χ1) is 11.4. The molecule has 1 aromatic heterocycles. The largest absolute Gasteiger partial charge is 0.361 e. The van der Waals surface area contributed by atoms with Crippen molar-refractivity contribution < 1.29 is 17.7 Å². The molecule has 1 atom stereocenters. The van der Waals surface area contributed by atoms with Gasteiger partial charge in [0.15, 0.2) is 9.84 Å². The first-order valence-electron chi connectivity index (χ1n) is 7.92. The Morgan fingerprint density at radius 2 is 2.08 bits per heavy atom. The highest BCUT2D eigenvalue weighted by atomic mass is 32.2. The molecule has 3 rings (SSSR count). The van der Waals surface area contributed by atoms with Crippen LogP contribution in [0.1, 0.15) is 29.5 Å². The molecule has 2 heterocycles. The van der Waals surface area contributed by atoms with Crippen molar-refractivity contribution in [3.8, 4) is 0 Å². The van der Waals surface area contributed by atoms with E-state index in [4.69, 9.17) is 4.52 Å². The number of rotatable bonds is 3. The molecule has 1 fully saturated rings. The highest BCUT2D eigenvalue weighted by molar-refractivity contribution is 7.91. The summed E-state index contributed by atoms with van der Waals surface area (Å²) in [6.45, 7) is 2.22. The summed E-state index contributed by atoms with van der Waals surface area (Å²) < 4.78 is 29.6. The van der Waals surface area contributed by atoms with Crippen molar-refractivity contribution in [3.63, 3.8) is 0 Å². The molecular formula is C17H20N2O4S. The van der Waals surface area contributed by atoms with Crippen LogP contribution in [0, 0.1) is 6.92 Å². The average Bonchev–Trinajstić information content (AvgIpc) is 2.87. The van der Waals surface area contributed by atoms with E-state index < -0.39 is 15.9 Å². The predicted octanol–water partition coefficient (Wildman–Crippen LogP) is 1.91. The second-order valence-corrected chi connectivity index (χ2v) is 8.32. The first kappa shape index (κ1) is 16.7. The molecule has 1 saturated heterocycles. The number of carbonyl (C=O) groups excluding carboxylic acids is 1. The van der Waals surface area contributed by atoms with Crippen LogP contribution in [0.4, 0.5) is 0 Å². The Labute approximate surface area is 141 Å². The molecule has 0 radical (unpaired) electrons. The molecule has 6 nitrogen and oxygen atoms in total. The van der Waals surface area contributed by atoms with E-state index in [-0.39, 0.29) is 23.8 Å². The van der Waals surface area contributed by atoms with Crippen molar-refractivity contribution in [2.24, 2.45) is 0 Å². The topological polar surface area (TPSA) is 80.5 Å². The predicted molar refractivity (Wildman–Crippen MR) is 89.1 cm³/mol. The SMILES string of the molecule is Cc1cc(CC(=O)N2CCCS(=O)(=O)C[C@H]2c2ccccc2)on1. The van der Waals surface area contributed by atoms with Gasteiger partial charge in [-0.25, -0.2) is 8.42 Å². The fourth-order valence-electron chi connectivity index (χ4n) is 3.02. The van der Waals surface area contributed by atoms with Crippen molar-refractivity contribution >= 4 is 15.7 Å². The maximum Gasteiger partial charge on any atom is 0.230 e. The maximum absolute atomic E-state index is 12.8. The van der Waals surface area contributed by atoms with Gasteiger partial charge in [-0.15, -0.1) is 0 Å². The van der Waals surface area contributed by atoms with Gasteiger partial charge in [-0.2, -0.15) is 0 Å². The lowest BCUT2D eigenvalue weighted by Gasteiger charge is -2.29. The van der Waals surface area contributed by atoms with Crippen LogP contribution in [0.15, 0.2) is 40.9 Å². The Hall–Kier alpha value is -2.15. The number of amides is 1. The maximum atomic E-state index is 12.8. The minimum atomic E-state index is -3.18. The first-order valence-corrected chi connectivity index (χ1v) is 9.74. The van der Waals surface area contributed by atoms with E-state index in [1.807, 2.05) is 30.3 Å². The second kappa shape index (κ2) is 6.76. The molecule has 0 unspecified atom stereocenters. The van der Waals surface area contributed by atoms with Gasteiger partial charge in [0.2, 0.25) is 5.91 Å². The molecule has 0 saturated carbocycles. The second-order valence-electron chi connectivity index (χ2n) is 6.09. The third kappa shape index (κ3) is 3.84. The number of aryl methyl sites for hydroxylation is 1. The zero-order chi connectivity index (χ0) is 17.2. The average molecular weight is 348 g/mol. The molecule has 0 bridgehead atoms. The number of aromatic nitrogens is 1. The minimum Gasteiger partial charge on any atom is -0.361 e. The highest BCUT2D eigenvalue weighted by Gasteiger charge is 2.33. The molecule has 1 amide bonds. The lowest BCUT2D eigenvalue weighted by Crippen LogP contribution is -2.37. The smallest absolute Gasteiger partial charge is 0.230 e. The summed E-state index contributed by atoms with van der Waals surface area (Å²) in [5.41, 5.74) is 1.56. The summed E-state index contributed by atoms with van der Waals surface area (Å²) in [7, 11) is -3.18. The summed E-state index contributed by atoms with van der Waals surface area (Å²) in [6.07, 6.45) is 0.539. The lowest BCUT2D eigenvalue weighted by molar-refractivity contribution is -0.132. The molecule has 0 spiro atoms. The third-order valence-corrected chi connectivity index (χ3v) is 5.88. The lowest BCUT2D eigenvalue weighted by atomic mass is 10.1. The van der Waals surface area contributed by atoms with Crippen LogP contribution in [0.5, 0.6) is 0 Å². The van der Waals surface area contributed by atoms with Crippen LogP contribution in [0.2, 0.25) is 0 Å². The van der Waals surface area contributed by atoms with Crippen molar-refractivity contribution in [2.75, 3.05) is 18.1 Å². The fourth-order valence-corrected chi connectivity index (χ4v) is 4.61. The van der Waals surface area contributed by atoms with Gasteiger partial charge < -0.3 is 9.42 Å². The van der Waals surface area contributed by atoms with Gasteiger partial charge in [0.1, 0.15) is 5.76 Å². The van der Waals surface area contributed by atoms with Crippen LogP contribution in [0.25, 0.3) is 0 Å². The summed E-state index contributed by atoms with van der Waals surface area (Å²) in [6, 6.07) is 10.6. The molecule has 1 aliphatic heterocycles. The molecule has 1 aliphatic rings. The van der Waals surface area contributed by atoms with E-state index in [0.29, 0.717) is 18.7 Å². The minimum absolute atomic E-state index is 0.0435. The van der Waals surface area contributed by atoms with Gasteiger partial charge in [-0.05, 0) is 18.9 Å². The Morgan fingerprint density at radius 3 is 2.75 bits per heavy atom. The van der Waals surface area contributed by atoms with Gasteiger partial charge >= 0.3 is 0 Å². The summed E-state index contributed by atoms with van der Waals surface area (Å²) >= 11 is 0. The molecule has 7 heteroatoms. The fraction of sp³-hybridized carbons (Fsp3) is 0.412. The van der Waals surface area contributed by atoms with Crippen LogP contribution < -0.4 is 0 Å². The van der Waals surface area contributed by atoms with E-state index in [9.17, 15) is 13.2 Å². The van der Waals surface area contributed by atoms with Crippen LogP contribution in [-0.4, -0.2) is 42.4 Å². The van der Waals surface area contributed by atoms with Crippen molar-refractivity contribution in [1.29, 1.82) is 0 Å². The monoisotopic (exact) mass is 348 g/mol. The molecule has 24 heavy (non-hydrogen) atoms. The Balaban J connectivity index is 1.88. The van der Waals surface area contributed by atoms with Gasteiger partial charge in [0.25, 0.3) is 0 Å². The number of carbonyl (C=O) groups is 1. The Bertz CT molecular complexity index is 814. The normalized spacial score (nSPS) is 20.5. The quantitative estimate of drug-likeness (QED) is 0.846. The number of hydrogen-bond donors (Lipinski definition) is 0. The molecule has 0 aliphatic carbocycles. The van der Waals surface area contributed by atoms with Crippen molar-refractivity contribution in [1.82, 2.24) is 10.1 Å². The van der Waals surface area contributed by atoms with E-state index in [2.05, 4.69) is 5.16 Å². The number of hydrogen-bond acceptors (Lipinski definition) is 5. The zero-order valence-corrected chi connectivity index (χ0v) is 14.3. The number of benzene rings is 1. The molecule has 0 N–H and O–H groups in total. The van der Waals surface area contributed by atoms with Crippen LogP contribution in [0.3, 0.4) is 0 Å². The highest BCUT2D eigenvalue weighted by Crippen LogP contribution is 2.27. The van der Waals surface area contributed by atoms with Crippen LogP contribution in [-0.2, 0) is 21.1 Å². The molecule has 128 valence electrons. The van der Waals surface area contributed by atoms with E-state index in [1.165, 1.54) is 0 Å². The zero-order valence-electron chi connectivity index (χ0n) is 13.5. The summed E-state index contributed by atoms with van der Waals surface area (Å²) in [5.74, 6) is 0.424. The van der Waals surface area contributed by atoms with E-state index in [0.717, 1.165) is 11.3 Å². The molecular weight excluding hydrogens is 328 g/mol. The molecule has 2 aromatic rings. The van der Waals surface area contributed by atoms with Gasteiger partial charge in [0.05, 0.1) is 29.7 Å².